The second-order valence-corrected chi connectivity index (χ2v) is 9.92. The molecule has 1 amide bonds. The third-order valence-electron chi connectivity index (χ3n) is 7.09. The molecule has 2 bridgehead atoms. The summed E-state index contributed by atoms with van der Waals surface area (Å²) in [7, 11) is 0. The molecule has 3 aromatic rings. The standard InChI is InChI=1S/C26H25FN2O4/c1-13(2)21-20(15-4-7-19(27)14(3)8-15)17-6-5-16(30)9-18(17)22(28-21)23(31)29-26-10-25(11-26,12-26)24(32)33/h4-9,13,30H,10-12H2,1-3H3,(H,29,31)(H,32,33). The minimum atomic E-state index is -0.812. The number of carbonyl (C=O) groups is 2. The highest BCUT2D eigenvalue weighted by Crippen LogP contribution is 2.67. The largest absolute Gasteiger partial charge is 0.508 e. The Morgan fingerprint density at radius 3 is 2.39 bits per heavy atom. The number of phenols is 1. The van der Waals surface area contributed by atoms with E-state index in [4.69, 9.17) is 4.98 Å². The van der Waals surface area contributed by atoms with Crippen molar-refractivity contribution in [2.24, 2.45) is 5.41 Å². The van der Waals surface area contributed by atoms with Gasteiger partial charge >= 0.3 is 5.97 Å². The molecule has 33 heavy (non-hydrogen) atoms. The zero-order valence-electron chi connectivity index (χ0n) is 18.7. The van der Waals surface area contributed by atoms with E-state index in [9.17, 15) is 24.2 Å². The number of phenolic OH excluding ortho intramolecular Hbond substituents is 1. The first-order valence-electron chi connectivity index (χ1n) is 11.0. The highest BCUT2D eigenvalue weighted by atomic mass is 19.1. The van der Waals surface area contributed by atoms with Gasteiger partial charge in [-0.1, -0.05) is 19.9 Å². The molecule has 3 fully saturated rings. The predicted molar refractivity (Wildman–Crippen MR) is 122 cm³/mol. The second kappa shape index (κ2) is 7.01. The molecule has 3 N–H and O–H groups in total. The van der Waals surface area contributed by atoms with Gasteiger partial charge in [0.25, 0.3) is 5.91 Å². The maximum absolute atomic E-state index is 13.9. The number of carbonyl (C=O) groups excluding carboxylic acids is 1. The number of nitrogens with one attached hydrogen (secondary N) is 1. The summed E-state index contributed by atoms with van der Waals surface area (Å²) in [6.45, 7) is 5.66. The van der Waals surface area contributed by atoms with Crippen LogP contribution in [0.2, 0.25) is 0 Å². The number of fused-ring (bicyclic) bond motifs is 1. The van der Waals surface area contributed by atoms with Gasteiger partial charge < -0.3 is 15.5 Å². The Hall–Kier alpha value is -3.48. The summed E-state index contributed by atoms with van der Waals surface area (Å²) in [6.07, 6.45) is 1.27. The van der Waals surface area contributed by atoms with Crippen LogP contribution in [-0.4, -0.2) is 32.6 Å². The average Bonchev–Trinajstić information content (AvgIpc) is 2.69. The van der Waals surface area contributed by atoms with Gasteiger partial charge in [0.1, 0.15) is 17.3 Å². The number of carboxylic acid groups (broad SMARTS) is 1. The maximum atomic E-state index is 13.9. The number of pyridine rings is 1. The Morgan fingerprint density at radius 2 is 1.79 bits per heavy atom. The van der Waals surface area contributed by atoms with Crippen LogP contribution < -0.4 is 5.32 Å². The first-order chi connectivity index (χ1) is 15.5. The number of nitrogens with zero attached hydrogens (tertiary/aromatic N) is 1. The number of amides is 1. The minimum absolute atomic E-state index is 0.00669. The van der Waals surface area contributed by atoms with Crippen LogP contribution in [0.15, 0.2) is 36.4 Å². The Bertz CT molecular complexity index is 1330. The lowest BCUT2D eigenvalue weighted by atomic mass is 9.39. The first kappa shape index (κ1) is 21.4. The van der Waals surface area contributed by atoms with E-state index in [2.05, 4.69) is 5.32 Å². The van der Waals surface area contributed by atoms with E-state index in [1.165, 1.54) is 12.1 Å². The molecule has 0 unspecified atom stereocenters. The summed E-state index contributed by atoms with van der Waals surface area (Å²) in [4.78, 5) is 29.5. The molecule has 0 aliphatic heterocycles. The van der Waals surface area contributed by atoms with E-state index in [0.717, 1.165) is 16.5 Å². The van der Waals surface area contributed by atoms with Gasteiger partial charge in [-0.25, -0.2) is 9.37 Å². The van der Waals surface area contributed by atoms with Crippen LogP contribution in [0.25, 0.3) is 21.9 Å². The van der Waals surface area contributed by atoms with Crippen molar-refractivity contribution in [3.63, 3.8) is 0 Å². The number of aromatic hydroxyl groups is 1. The van der Waals surface area contributed by atoms with E-state index in [1.807, 2.05) is 13.8 Å². The highest BCUT2D eigenvalue weighted by molar-refractivity contribution is 6.10. The van der Waals surface area contributed by atoms with Gasteiger partial charge in [-0.15, -0.1) is 0 Å². The minimum Gasteiger partial charge on any atom is -0.508 e. The third-order valence-corrected chi connectivity index (χ3v) is 7.09. The molecule has 7 heteroatoms. The van der Waals surface area contributed by atoms with Gasteiger partial charge in [-0.2, -0.15) is 0 Å². The lowest BCUT2D eigenvalue weighted by Gasteiger charge is -2.67. The van der Waals surface area contributed by atoms with E-state index in [1.54, 1.807) is 31.2 Å². The number of halogens is 1. The SMILES string of the molecule is Cc1cc(-c2c(C(C)C)nc(C(=O)NC34CC(C(=O)O)(C3)C4)c3cc(O)ccc23)ccc1F. The number of aliphatic carboxylic acids is 1. The molecule has 1 aromatic heterocycles. The predicted octanol–water partition coefficient (Wildman–Crippen LogP) is 4.92. The summed E-state index contributed by atoms with van der Waals surface area (Å²) in [6, 6.07) is 9.71. The molecule has 6 nitrogen and oxygen atoms in total. The summed E-state index contributed by atoms with van der Waals surface area (Å²) < 4.78 is 13.9. The van der Waals surface area contributed by atoms with Crippen LogP contribution >= 0.6 is 0 Å². The van der Waals surface area contributed by atoms with Gasteiger partial charge in [0.05, 0.1) is 11.1 Å². The molecular formula is C26H25FN2O4. The zero-order valence-corrected chi connectivity index (χ0v) is 18.7. The normalized spacial score (nSPS) is 23.2. The smallest absolute Gasteiger partial charge is 0.309 e. The van der Waals surface area contributed by atoms with E-state index < -0.39 is 16.9 Å². The summed E-state index contributed by atoms with van der Waals surface area (Å²) >= 11 is 0. The fourth-order valence-electron chi connectivity index (χ4n) is 5.46. The van der Waals surface area contributed by atoms with Crippen LogP contribution in [0.1, 0.15) is 60.8 Å². The molecule has 3 aliphatic carbocycles. The molecule has 170 valence electrons. The molecule has 0 spiro atoms. The monoisotopic (exact) mass is 448 g/mol. The van der Waals surface area contributed by atoms with Crippen molar-refractivity contribution in [1.29, 1.82) is 0 Å². The number of hydrogen-bond acceptors (Lipinski definition) is 4. The molecule has 0 atom stereocenters. The van der Waals surface area contributed by atoms with Crippen molar-refractivity contribution < 1.29 is 24.2 Å². The van der Waals surface area contributed by atoms with E-state index >= 15 is 0 Å². The van der Waals surface area contributed by atoms with Crippen molar-refractivity contribution in [2.45, 2.75) is 51.5 Å². The summed E-state index contributed by atoms with van der Waals surface area (Å²) in [5, 5.41) is 23.8. The number of carboxylic acids is 1. The fraction of sp³-hybridized carbons (Fsp3) is 0.346. The number of benzene rings is 2. The lowest BCUT2D eigenvalue weighted by molar-refractivity contribution is -0.196. The number of rotatable bonds is 5. The topological polar surface area (TPSA) is 99.5 Å². The molecule has 3 saturated carbocycles. The first-order valence-corrected chi connectivity index (χ1v) is 11.0. The Morgan fingerprint density at radius 1 is 1.09 bits per heavy atom. The zero-order chi connectivity index (χ0) is 23.7. The lowest BCUT2D eigenvalue weighted by Crippen LogP contribution is -2.77. The summed E-state index contributed by atoms with van der Waals surface area (Å²) in [5.41, 5.74) is 1.79. The fourth-order valence-corrected chi connectivity index (χ4v) is 5.46. The van der Waals surface area contributed by atoms with Crippen molar-refractivity contribution in [1.82, 2.24) is 10.3 Å². The Balaban J connectivity index is 1.63. The Labute approximate surface area is 190 Å². The molecule has 0 saturated heterocycles. The van der Waals surface area contributed by atoms with Gasteiger partial charge in [0.15, 0.2) is 0 Å². The third kappa shape index (κ3) is 3.17. The van der Waals surface area contributed by atoms with Crippen molar-refractivity contribution >= 4 is 22.6 Å². The van der Waals surface area contributed by atoms with Gasteiger partial charge in [0.2, 0.25) is 0 Å². The molecular weight excluding hydrogens is 423 g/mol. The maximum Gasteiger partial charge on any atom is 0.309 e. The molecule has 6 rings (SSSR count). The van der Waals surface area contributed by atoms with Crippen LogP contribution in [0, 0.1) is 18.2 Å². The van der Waals surface area contributed by atoms with Crippen LogP contribution in [0.5, 0.6) is 5.75 Å². The summed E-state index contributed by atoms with van der Waals surface area (Å²) in [5.74, 6) is -1.51. The quantitative estimate of drug-likeness (QED) is 0.515. The Kier molecular flexibility index (Phi) is 4.54. The van der Waals surface area contributed by atoms with Gasteiger partial charge in [-0.3, -0.25) is 9.59 Å². The highest BCUT2D eigenvalue weighted by Gasteiger charge is 2.72. The van der Waals surface area contributed by atoms with Crippen molar-refractivity contribution in [2.75, 3.05) is 0 Å². The van der Waals surface area contributed by atoms with E-state index in [-0.39, 0.29) is 29.1 Å². The molecule has 3 aliphatic rings. The van der Waals surface area contributed by atoms with Gasteiger partial charge in [-0.05, 0) is 78.9 Å². The number of aryl methyl sites for hydroxylation is 1. The molecule has 1 heterocycles. The van der Waals surface area contributed by atoms with Crippen LogP contribution in [0.4, 0.5) is 4.39 Å². The number of hydrogen-bond donors (Lipinski definition) is 3. The number of aromatic nitrogens is 1. The van der Waals surface area contributed by atoms with Gasteiger partial charge in [0, 0.05) is 16.5 Å². The van der Waals surface area contributed by atoms with Crippen LogP contribution in [0.3, 0.4) is 0 Å². The second-order valence-electron chi connectivity index (χ2n) is 9.92. The molecule has 2 aromatic carbocycles. The average molecular weight is 448 g/mol. The van der Waals surface area contributed by atoms with Crippen molar-refractivity contribution in [3.8, 4) is 16.9 Å². The van der Waals surface area contributed by atoms with E-state index in [0.29, 0.717) is 35.9 Å². The molecule has 0 radical (unpaired) electrons. The van der Waals surface area contributed by atoms with Crippen molar-refractivity contribution in [3.05, 3.63) is 59.2 Å². The van der Waals surface area contributed by atoms with Crippen LogP contribution in [-0.2, 0) is 4.79 Å².